The van der Waals surface area contributed by atoms with Crippen molar-refractivity contribution in [1.29, 1.82) is 0 Å². The highest BCUT2D eigenvalue weighted by Gasteiger charge is 1.99. The molecule has 0 saturated heterocycles. The van der Waals surface area contributed by atoms with Crippen molar-refractivity contribution in [3.63, 3.8) is 0 Å². The van der Waals surface area contributed by atoms with E-state index in [9.17, 15) is 4.79 Å². The molecule has 0 spiro atoms. The van der Waals surface area contributed by atoms with Gasteiger partial charge in [0.25, 0.3) is 0 Å². The summed E-state index contributed by atoms with van der Waals surface area (Å²) >= 11 is 0. The molecule has 2 heteroatoms. The van der Waals surface area contributed by atoms with Crippen molar-refractivity contribution in [3.05, 3.63) is 65.9 Å². The fourth-order valence-corrected chi connectivity index (χ4v) is 1.50. The van der Waals surface area contributed by atoms with Crippen LogP contribution in [0.25, 0.3) is 0 Å². The molecule has 18 heavy (non-hydrogen) atoms. The maximum Gasteiger partial charge on any atom is 0.142 e. The van der Waals surface area contributed by atoms with Gasteiger partial charge in [0.2, 0.25) is 0 Å². The smallest absolute Gasteiger partial charge is 0.142 e. The Morgan fingerprint density at radius 2 is 1.89 bits per heavy atom. The molecule has 0 heterocycles. The third-order valence-electron chi connectivity index (χ3n) is 2.62. The molecular weight excluding hydrogens is 222 g/mol. The standard InChI is InChI=1S/C16H19NO/c1-13(2)15(6-5-11-18)12-17(4)16-9-7-14(3)8-10-16/h5-12H,1H2,2-4H3/b6-5-,15-12+. The number of hydrogen-bond acceptors (Lipinski definition) is 2. The second-order valence-electron chi connectivity index (χ2n) is 4.31. The molecule has 0 atom stereocenters. The van der Waals surface area contributed by atoms with Crippen LogP contribution in [-0.4, -0.2) is 13.3 Å². The van der Waals surface area contributed by atoms with Crippen LogP contribution in [0.2, 0.25) is 0 Å². The first-order valence-corrected chi connectivity index (χ1v) is 5.83. The maximum atomic E-state index is 10.4. The monoisotopic (exact) mass is 241 g/mol. The van der Waals surface area contributed by atoms with Gasteiger partial charge < -0.3 is 4.90 Å². The van der Waals surface area contributed by atoms with Crippen molar-refractivity contribution in [2.45, 2.75) is 13.8 Å². The lowest BCUT2D eigenvalue weighted by Crippen LogP contribution is -2.09. The third-order valence-corrected chi connectivity index (χ3v) is 2.62. The number of rotatable bonds is 5. The second-order valence-corrected chi connectivity index (χ2v) is 4.31. The molecule has 0 radical (unpaired) electrons. The summed E-state index contributed by atoms with van der Waals surface area (Å²) in [5, 5.41) is 0. The van der Waals surface area contributed by atoms with Gasteiger partial charge in [-0.05, 0) is 43.2 Å². The first-order chi connectivity index (χ1) is 8.54. The molecule has 0 aromatic heterocycles. The van der Waals surface area contributed by atoms with E-state index in [1.54, 1.807) is 6.08 Å². The van der Waals surface area contributed by atoms with Gasteiger partial charge in [0.15, 0.2) is 0 Å². The van der Waals surface area contributed by atoms with E-state index < -0.39 is 0 Å². The molecule has 1 aromatic rings. The average molecular weight is 241 g/mol. The van der Waals surface area contributed by atoms with E-state index in [1.807, 2.05) is 25.1 Å². The number of aryl methyl sites for hydroxylation is 1. The van der Waals surface area contributed by atoms with Crippen LogP contribution in [0.1, 0.15) is 12.5 Å². The Labute approximate surface area is 109 Å². The zero-order chi connectivity index (χ0) is 13.5. The number of allylic oxidation sites excluding steroid dienone is 4. The number of hydrogen-bond donors (Lipinski definition) is 0. The van der Waals surface area contributed by atoms with E-state index in [0.29, 0.717) is 0 Å². The van der Waals surface area contributed by atoms with Crippen LogP contribution in [0.5, 0.6) is 0 Å². The van der Waals surface area contributed by atoms with E-state index in [0.717, 1.165) is 23.1 Å². The fraction of sp³-hybridized carbons (Fsp3) is 0.188. The first-order valence-electron chi connectivity index (χ1n) is 5.83. The van der Waals surface area contributed by atoms with Gasteiger partial charge in [-0.3, -0.25) is 4.79 Å². The minimum absolute atomic E-state index is 0.767. The quantitative estimate of drug-likeness (QED) is 0.445. The first kappa shape index (κ1) is 14.0. The molecule has 0 aliphatic carbocycles. The van der Waals surface area contributed by atoms with Crippen LogP contribution >= 0.6 is 0 Å². The van der Waals surface area contributed by atoms with Gasteiger partial charge in [-0.1, -0.05) is 30.4 Å². The Balaban J connectivity index is 2.97. The fourth-order valence-electron chi connectivity index (χ4n) is 1.50. The number of benzene rings is 1. The molecule has 0 amide bonds. The van der Waals surface area contributed by atoms with Crippen LogP contribution in [0.3, 0.4) is 0 Å². The summed E-state index contributed by atoms with van der Waals surface area (Å²) in [7, 11) is 1.97. The van der Waals surface area contributed by atoms with Crippen molar-refractivity contribution in [1.82, 2.24) is 0 Å². The predicted molar refractivity (Wildman–Crippen MR) is 77.7 cm³/mol. The molecule has 0 unspecified atom stereocenters. The van der Waals surface area contributed by atoms with Gasteiger partial charge in [0, 0.05) is 18.9 Å². The zero-order valence-corrected chi connectivity index (χ0v) is 11.2. The molecule has 0 aliphatic rings. The number of carbonyl (C=O) groups excluding carboxylic acids is 1. The van der Waals surface area contributed by atoms with Crippen LogP contribution in [0.15, 0.2) is 60.3 Å². The third kappa shape index (κ3) is 4.06. The predicted octanol–water partition coefficient (Wildman–Crippen LogP) is 3.65. The number of carbonyl (C=O) groups is 1. The lowest BCUT2D eigenvalue weighted by atomic mass is 10.1. The van der Waals surface area contributed by atoms with Crippen LogP contribution < -0.4 is 4.90 Å². The SMILES string of the molecule is C=C(C)C(/C=C\C=O)=C/N(C)c1ccc(C)cc1. The molecule has 1 rings (SSSR count). The molecule has 0 N–H and O–H groups in total. The van der Waals surface area contributed by atoms with Crippen molar-refractivity contribution in [2.24, 2.45) is 0 Å². The highest BCUT2D eigenvalue weighted by molar-refractivity contribution is 5.67. The Hall–Kier alpha value is -2.09. The largest absolute Gasteiger partial charge is 0.350 e. The summed E-state index contributed by atoms with van der Waals surface area (Å²) in [6, 6.07) is 8.26. The average Bonchev–Trinajstić information content (AvgIpc) is 2.34. The summed E-state index contributed by atoms with van der Waals surface area (Å²) < 4.78 is 0. The van der Waals surface area contributed by atoms with Crippen molar-refractivity contribution < 1.29 is 4.79 Å². The molecule has 0 aliphatic heterocycles. The molecular formula is C16H19NO. The van der Waals surface area contributed by atoms with E-state index in [4.69, 9.17) is 0 Å². The highest BCUT2D eigenvalue weighted by atomic mass is 16.1. The molecule has 0 fully saturated rings. The van der Waals surface area contributed by atoms with E-state index in [2.05, 4.69) is 37.8 Å². The van der Waals surface area contributed by atoms with Gasteiger partial charge in [-0.2, -0.15) is 0 Å². The minimum Gasteiger partial charge on any atom is -0.350 e. The molecule has 0 saturated carbocycles. The Kier molecular flexibility index (Phi) is 5.12. The molecule has 0 bridgehead atoms. The number of aldehydes is 1. The van der Waals surface area contributed by atoms with Crippen LogP contribution in [-0.2, 0) is 4.79 Å². The van der Waals surface area contributed by atoms with Crippen molar-refractivity contribution in [3.8, 4) is 0 Å². The molecule has 1 aromatic carbocycles. The lowest BCUT2D eigenvalue weighted by Gasteiger charge is -2.16. The summed E-state index contributed by atoms with van der Waals surface area (Å²) in [6.07, 6.45) is 5.97. The van der Waals surface area contributed by atoms with E-state index >= 15 is 0 Å². The zero-order valence-electron chi connectivity index (χ0n) is 11.2. The highest BCUT2D eigenvalue weighted by Crippen LogP contribution is 2.17. The summed E-state index contributed by atoms with van der Waals surface area (Å²) in [4.78, 5) is 12.4. The second kappa shape index (κ2) is 6.60. The van der Waals surface area contributed by atoms with Gasteiger partial charge in [0.05, 0.1) is 0 Å². The molecule has 94 valence electrons. The normalized spacial score (nSPS) is 11.6. The Bertz CT molecular complexity index is 480. The lowest BCUT2D eigenvalue weighted by molar-refractivity contribution is -0.104. The summed E-state index contributed by atoms with van der Waals surface area (Å²) in [5.74, 6) is 0. The van der Waals surface area contributed by atoms with Crippen molar-refractivity contribution in [2.75, 3.05) is 11.9 Å². The summed E-state index contributed by atoms with van der Waals surface area (Å²) in [5.41, 5.74) is 4.19. The summed E-state index contributed by atoms with van der Waals surface area (Å²) in [6.45, 7) is 7.89. The van der Waals surface area contributed by atoms with Crippen LogP contribution in [0, 0.1) is 6.92 Å². The Morgan fingerprint density at radius 1 is 1.28 bits per heavy atom. The Morgan fingerprint density at radius 3 is 2.39 bits per heavy atom. The van der Waals surface area contributed by atoms with Gasteiger partial charge >= 0.3 is 0 Å². The van der Waals surface area contributed by atoms with Gasteiger partial charge in [0.1, 0.15) is 6.29 Å². The van der Waals surface area contributed by atoms with E-state index in [1.165, 1.54) is 11.6 Å². The van der Waals surface area contributed by atoms with E-state index in [-0.39, 0.29) is 0 Å². The minimum atomic E-state index is 0.767. The molecule has 2 nitrogen and oxygen atoms in total. The number of nitrogens with zero attached hydrogens (tertiary/aromatic N) is 1. The maximum absolute atomic E-state index is 10.4. The number of anilines is 1. The van der Waals surface area contributed by atoms with Gasteiger partial charge in [-0.15, -0.1) is 0 Å². The van der Waals surface area contributed by atoms with Gasteiger partial charge in [-0.25, -0.2) is 0 Å². The van der Waals surface area contributed by atoms with Crippen molar-refractivity contribution >= 4 is 12.0 Å². The van der Waals surface area contributed by atoms with Crippen LogP contribution in [0.4, 0.5) is 5.69 Å². The topological polar surface area (TPSA) is 20.3 Å².